The van der Waals surface area contributed by atoms with Crippen molar-refractivity contribution < 1.29 is 14.5 Å². The zero-order valence-electron chi connectivity index (χ0n) is 10.2. The van der Waals surface area contributed by atoms with Gasteiger partial charge in [-0.25, -0.2) is 0 Å². The third-order valence-corrected chi connectivity index (χ3v) is 3.45. The fourth-order valence-electron chi connectivity index (χ4n) is 1.67. The predicted octanol–water partition coefficient (Wildman–Crippen LogP) is 3.00. The van der Waals surface area contributed by atoms with E-state index in [1.165, 1.54) is 0 Å². The first kappa shape index (κ1) is 14.9. The zero-order chi connectivity index (χ0) is 13.7. The van der Waals surface area contributed by atoms with Crippen molar-refractivity contribution in [1.29, 1.82) is 0 Å². The van der Waals surface area contributed by atoms with Crippen LogP contribution in [0.3, 0.4) is 0 Å². The molecule has 1 aromatic carbocycles. The van der Waals surface area contributed by atoms with E-state index in [-0.39, 0.29) is 23.0 Å². The minimum Gasteiger partial charge on any atom is -0.466 e. The van der Waals surface area contributed by atoms with Crippen molar-refractivity contribution in [1.82, 2.24) is 0 Å². The molecule has 1 aromatic rings. The van der Waals surface area contributed by atoms with Gasteiger partial charge < -0.3 is 4.74 Å². The molecule has 0 fully saturated rings. The van der Waals surface area contributed by atoms with Gasteiger partial charge in [-0.15, -0.1) is 0 Å². The molecule has 6 heteroatoms. The lowest BCUT2D eigenvalue weighted by atomic mass is 10.0. The summed E-state index contributed by atoms with van der Waals surface area (Å²) in [6, 6.07) is 3.52. The molecule has 0 bridgehead atoms. The molecule has 0 aliphatic rings. The summed E-state index contributed by atoms with van der Waals surface area (Å²) in [7, 11) is 0. The Hall–Kier alpha value is -1.18. The van der Waals surface area contributed by atoms with Gasteiger partial charge in [-0.2, -0.15) is 0 Å². The summed E-state index contributed by atoms with van der Waals surface area (Å²) in [5.74, 6) is -0.280. The van der Waals surface area contributed by atoms with Gasteiger partial charge in [-0.3, -0.25) is 14.9 Å². The van der Waals surface area contributed by atoms with Crippen molar-refractivity contribution in [2.45, 2.75) is 26.7 Å². The first-order valence-corrected chi connectivity index (χ1v) is 6.63. The summed E-state index contributed by atoms with van der Waals surface area (Å²) in [4.78, 5) is 21.8. The van der Waals surface area contributed by atoms with Crippen LogP contribution in [0, 0.1) is 20.6 Å². The molecule has 0 unspecified atom stereocenters. The third-order valence-electron chi connectivity index (χ3n) is 2.58. The molecule has 1 rings (SSSR count). The van der Waals surface area contributed by atoms with Crippen LogP contribution in [0.4, 0.5) is 5.69 Å². The molecule has 98 valence electrons. The molecule has 0 amide bonds. The van der Waals surface area contributed by atoms with Crippen LogP contribution < -0.4 is 0 Å². The number of ether oxygens (including phenoxy) is 1. The van der Waals surface area contributed by atoms with E-state index in [1.54, 1.807) is 19.9 Å². The minimum absolute atomic E-state index is 0.122. The van der Waals surface area contributed by atoms with E-state index in [4.69, 9.17) is 4.74 Å². The molecule has 0 N–H and O–H groups in total. The summed E-state index contributed by atoms with van der Waals surface area (Å²) < 4.78 is 5.44. The number of benzene rings is 1. The van der Waals surface area contributed by atoms with Gasteiger partial charge in [0.05, 0.1) is 15.1 Å². The van der Waals surface area contributed by atoms with Crippen LogP contribution in [0.2, 0.25) is 0 Å². The highest BCUT2D eigenvalue weighted by atomic mass is 127. The number of aryl methyl sites for hydroxylation is 1. The van der Waals surface area contributed by atoms with E-state index in [1.807, 2.05) is 28.7 Å². The van der Waals surface area contributed by atoms with E-state index < -0.39 is 0 Å². The van der Waals surface area contributed by atoms with Crippen molar-refractivity contribution in [3.63, 3.8) is 0 Å². The second-order valence-electron chi connectivity index (χ2n) is 3.74. The molecule has 0 saturated heterocycles. The van der Waals surface area contributed by atoms with Crippen LogP contribution in [0.1, 0.15) is 24.5 Å². The number of hydrogen-bond acceptors (Lipinski definition) is 4. The van der Waals surface area contributed by atoms with Crippen molar-refractivity contribution >= 4 is 34.2 Å². The summed E-state index contributed by atoms with van der Waals surface area (Å²) in [5, 5.41) is 10.9. The SMILES string of the molecule is CCOC(=O)CCc1ccc(I)c([N+](=O)[O-])c1C. The Morgan fingerprint density at radius 3 is 2.72 bits per heavy atom. The van der Waals surface area contributed by atoms with Gasteiger partial charge in [0.1, 0.15) is 0 Å². The molecule has 0 radical (unpaired) electrons. The topological polar surface area (TPSA) is 69.4 Å². The average Bonchev–Trinajstić information content (AvgIpc) is 2.28. The number of rotatable bonds is 5. The van der Waals surface area contributed by atoms with E-state index >= 15 is 0 Å². The maximum Gasteiger partial charge on any atom is 0.306 e. The fraction of sp³-hybridized carbons (Fsp3) is 0.417. The number of nitrogens with zero attached hydrogens (tertiary/aromatic N) is 1. The second-order valence-corrected chi connectivity index (χ2v) is 4.90. The van der Waals surface area contributed by atoms with Crippen LogP contribution in [0.15, 0.2) is 12.1 Å². The monoisotopic (exact) mass is 363 g/mol. The van der Waals surface area contributed by atoms with E-state index in [2.05, 4.69) is 0 Å². The molecular formula is C12H14INO4. The molecule has 0 spiro atoms. The van der Waals surface area contributed by atoms with Crippen LogP contribution in [0.5, 0.6) is 0 Å². The summed E-state index contributed by atoms with van der Waals surface area (Å²) in [5.41, 5.74) is 1.56. The van der Waals surface area contributed by atoms with Crippen LogP contribution in [-0.2, 0) is 16.0 Å². The zero-order valence-corrected chi connectivity index (χ0v) is 12.4. The molecule has 0 aliphatic carbocycles. The Kier molecular flexibility index (Phi) is 5.52. The van der Waals surface area contributed by atoms with Gasteiger partial charge in [0.15, 0.2) is 0 Å². The highest BCUT2D eigenvalue weighted by Gasteiger charge is 2.18. The summed E-state index contributed by atoms with van der Waals surface area (Å²) >= 11 is 1.94. The lowest BCUT2D eigenvalue weighted by Crippen LogP contribution is -2.06. The van der Waals surface area contributed by atoms with Gasteiger partial charge >= 0.3 is 5.97 Å². The first-order valence-electron chi connectivity index (χ1n) is 5.55. The van der Waals surface area contributed by atoms with E-state index in [9.17, 15) is 14.9 Å². The Morgan fingerprint density at radius 2 is 2.17 bits per heavy atom. The molecule has 5 nitrogen and oxygen atoms in total. The Bertz CT molecular complexity index is 473. The largest absolute Gasteiger partial charge is 0.466 e. The highest BCUT2D eigenvalue weighted by molar-refractivity contribution is 14.1. The number of carbonyl (C=O) groups is 1. The third kappa shape index (κ3) is 3.66. The normalized spacial score (nSPS) is 10.2. The number of halogens is 1. The van der Waals surface area contributed by atoms with Crippen LogP contribution in [0.25, 0.3) is 0 Å². The molecule has 0 aliphatic heterocycles. The number of nitro groups is 1. The molecule has 0 aromatic heterocycles. The lowest BCUT2D eigenvalue weighted by molar-refractivity contribution is -0.386. The quantitative estimate of drug-likeness (QED) is 0.349. The maximum atomic E-state index is 11.3. The maximum absolute atomic E-state index is 11.3. The van der Waals surface area contributed by atoms with Gasteiger partial charge in [-0.1, -0.05) is 6.07 Å². The second kappa shape index (κ2) is 6.67. The van der Waals surface area contributed by atoms with Crippen molar-refractivity contribution in [3.8, 4) is 0 Å². The minimum atomic E-state index is -0.384. The van der Waals surface area contributed by atoms with Crippen molar-refractivity contribution in [2.75, 3.05) is 6.61 Å². The molecule has 0 atom stereocenters. The number of hydrogen-bond donors (Lipinski definition) is 0. The van der Waals surface area contributed by atoms with E-state index in [0.717, 1.165) is 5.56 Å². The number of nitro benzene ring substituents is 1. The van der Waals surface area contributed by atoms with Gasteiger partial charge in [0.2, 0.25) is 0 Å². The predicted molar refractivity (Wildman–Crippen MR) is 75.5 cm³/mol. The van der Waals surface area contributed by atoms with Gasteiger partial charge in [0.25, 0.3) is 5.69 Å². The molecular weight excluding hydrogens is 349 g/mol. The lowest BCUT2D eigenvalue weighted by Gasteiger charge is -2.07. The summed E-state index contributed by atoms with van der Waals surface area (Å²) in [6.07, 6.45) is 0.703. The standard InChI is InChI=1S/C12H14INO4/c1-3-18-11(15)7-5-9-4-6-10(13)12(8(9)2)14(16)17/h4,6H,3,5,7H2,1-2H3. The van der Waals surface area contributed by atoms with Crippen molar-refractivity contribution in [2.24, 2.45) is 0 Å². The first-order chi connectivity index (χ1) is 8.47. The molecule has 18 heavy (non-hydrogen) atoms. The van der Waals surface area contributed by atoms with Crippen molar-refractivity contribution in [3.05, 3.63) is 36.9 Å². The Morgan fingerprint density at radius 1 is 1.50 bits per heavy atom. The number of carbonyl (C=O) groups excluding carboxylic acids is 1. The molecule has 0 saturated carbocycles. The smallest absolute Gasteiger partial charge is 0.306 e. The van der Waals surface area contributed by atoms with Gasteiger partial charge in [-0.05, 0) is 54.5 Å². The van der Waals surface area contributed by atoms with Gasteiger partial charge in [0, 0.05) is 12.0 Å². The number of esters is 1. The fourth-order valence-corrected chi connectivity index (χ4v) is 2.46. The Labute approximate surface area is 119 Å². The average molecular weight is 363 g/mol. The Balaban J connectivity index is 2.88. The highest BCUT2D eigenvalue weighted by Crippen LogP contribution is 2.28. The summed E-state index contributed by atoms with van der Waals surface area (Å²) in [6.45, 7) is 3.81. The molecule has 0 heterocycles. The van der Waals surface area contributed by atoms with Crippen LogP contribution >= 0.6 is 22.6 Å². The van der Waals surface area contributed by atoms with E-state index in [0.29, 0.717) is 22.2 Å². The van der Waals surface area contributed by atoms with Crippen LogP contribution in [-0.4, -0.2) is 17.5 Å².